The van der Waals surface area contributed by atoms with E-state index in [1.165, 1.54) is 14.2 Å². The fourth-order valence-corrected chi connectivity index (χ4v) is 2.81. The van der Waals surface area contributed by atoms with Gasteiger partial charge in [-0.05, 0) is 36.4 Å². The van der Waals surface area contributed by atoms with Gasteiger partial charge in [0.25, 0.3) is 11.8 Å². The fourth-order valence-electron chi connectivity index (χ4n) is 2.81. The van der Waals surface area contributed by atoms with Gasteiger partial charge < -0.3 is 24.8 Å². The van der Waals surface area contributed by atoms with Crippen LogP contribution >= 0.6 is 0 Å². The summed E-state index contributed by atoms with van der Waals surface area (Å²) in [4.78, 5) is 25.1. The molecule has 30 heavy (non-hydrogen) atoms. The first-order valence-corrected chi connectivity index (χ1v) is 9.13. The van der Waals surface area contributed by atoms with Gasteiger partial charge in [-0.2, -0.15) is 0 Å². The molecule has 0 heterocycles. The summed E-state index contributed by atoms with van der Waals surface area (Å²) >= 11 is 0. The van der Waals surface area contributed by atoms with E-state index in [0.717, 1.165) is 0 Å². The van der Waals surface area contributed by atoms with Gasteiger partial charge in [0.2, 0.25) is 0 Å². The van der Waals surface area contributed by atoms with E-state index in [1.54, 1.807) is 67.8 Å². The van der Waals surface area contributed by atoms with E-state index in [1.807, 2.05) is 6.07 Å². The minimum absolute atomic E-state index is 0.286. The molecule has 0 fully saturated rings. The average Bonchev–Trinajstić information content (AvgIpc) is 2.80. The van der Waals surface area contributed by atoms with Crippen molar-refractivity contribution in [2.45, 2.75) is 0 Å². The van der Waals surface area contributed by atoms with Gasteiger partial charge >= 0.3 is 0 Å². The van der Waals surface area contributed by atoms with Crippen molar-refractivity contribution in [3.8, 4) is 17.2 Å². The molecule has 0 aromatic heterocycles. The summed E-state index contributed by atoms with van der Waals surface area (Å²) in [6.45, 7) is 0. The SMILES string of the molecule is COc1ccc(C(=O)Nc2cc(OC)c(NC(=O)c3ccccc3)cc2OC)cc1. The van der Waals surface area contributed by atoms with E-state index >= 15 is 0 Å². The molecule has 7 nitrogen and oxygen atoms in total. The number of ether oxygens (including phenoxy) is 3. The van der Waals surface area contributed by atoms with Crippen LogP contribution in [0.1, 0.15) is 20.7 Å². The lowest BCUT2D eigenvalue weighted by molar-refractivity contribution is 0.101. The Hall–Kier alpha value is -4.00. The van der Waals surface area contributed by atoms with Crippen LogP contribution in [0, 0.1) is 0 Å². The van der Waals surface area contributed by atoms with Crippen molar-refractivity contribution in [1.82, 2.24) is 0 Å². The van der Waals surface area contributed by atoms with Crippen LogP contribution in [0.4, 0.5) is 11.4 Å². The second-order valence-electron chi connectivity index (χ2n) is 6.26. The van der Waals surface area contributed by atoms with Crippen molar-refractivity contribution in [2.75, 3.05) is 32.0 Å². The molecule has 0 saturated carbocycles. The molecule has 0 spiro atoms. The maximum atomic E-state index is 12.6. The van der Waals surface area contributed by atoms with E-state index < -0.39 is 0 Å². The zero-order valence-corrected chi connectivity index (χ0v) is 16.9. The normalized spacial score (nSPS) is 10.1. The van der Waals surface area contributed by atoms with E-state index in [9.17, 15) is 9.59 Å². The molecule has 0 atom stereocenters. The number of rotatable bonds is 7. The van der Waals surface area contributed by atoms with Gasteiger partial charge in [0.1, 0.15) is 17.2 Å². The summed E-state index contributed by atoms with van der Waals surface area (Å²) in [5.74, 6) is 0.806. The number of anilines is 2. The highest BCUT2D eigenvalue weighted by Gasteiger charge is 2.17. The molecular formula is C23H22N2O5. The van der Waals surface area contributed by atoms with E-state index in [0.29, 0.717) is 39.8 Å². The average molecular weight is 406 g/mol. The number of benzene rings is 3. The van der Waals surface area contributed by atoms with Crippen molar-refractivity contribution in [3.63, 3.8) is 0 Å². The van der Waals surface area contributed by atoms with Crippen LogP contribution in [-0.2, 0) is 0 Å². The quantitative estimate of drug-likeness (QED) is 0.614. The van der Waals surface area contributed by atoms with Gasteiger partial charge in [-0.25, -0.2) is 0 Å². The number of hydrogen-bond acceptors (Lipinski definition) is 5. The number of hydrogen-bond donors (Lipinski definition) is 2. The van der Waals surface area contributed by atoms with Crippen LogP contribution in [0.25, 0.3) is 0 Å². The Bertz CT molecular complexity index is 1030. The Labute approximate surface area is 174 Å². The number of carbonyl (C=O) groups excluding carboxylic acids is 2. The standard InChI is InChI=1S/C23H22N2O5/c1-28-17-11-9-16(10-12-17)23(27)25-19-14-20(29-2)18(13-21(19)30-3)24-22(26)15-7-5-4-6-8-15/h4-14H,1-3H3,(H,24,26)(H,25,27). The Morgan fingerprint density at radius 2 is 1.10 bits per heavy atom. The van der Waals surface area contributed by atoms with Gasteiger partial charge in [-0.3, -0.25) is 9.59 Å². The van der Waals surface area contributed by atoms with Crippen LogP contribution in [0.2, 0.25) is 0 Å². The molecule has 0 aliphatic heterocycles. The van der Waals surface area contributed by atoms with Crippen molar-refractivity contribution < 1.29 is 23.8 Å². The van der Waals surface area contributed by atoms with Gasteiger partial charge in [0.15, 0.2) is 0 Å². The maximum absolute atomic E-state index is 12.6. The Morgan fingerprint density at radius 1 is 0.633 bits per heavy atom. The predicted molar refractivity (Wildman–Crippen MR) is 115 cm³/mol. The maximum Gasteiger partial charge on any atom is 0.255 e. The Balaban J connectivity index is 1.85. The smallest absolute Gasteiger partial charge is 0.255 e. The van der Waals surface area contributed by atoms with Crippen molar-refractivity contribution in [1.29, 1.82) is 0 Å². The lowest BCUT2D eigenvalue weighted by Gasteiger charge is -2.16. The third kappa shape index (κ3) is 4.70. The van der Waals surface area contributed by atoms with E-state index in [4.69, 9.17) is 14.2 Å². The monoisotopic (exact) mass is 406 g/mol. The van der Waals surface area contributed by atoms with Crippen LogP contribution in [0.15, 0.2) is 66.7 Å². The van der Waals surface area contributed by atoms with Crippen LogP contribution in [0.3, 0.4) is 0 Å². The lowest BCUT2D eigenvalue weighted by Crippen LogP contribution is -2.15. The molecule has 3 aromatic rings. The fraction of sp³-hybridized carbons (Fsp3) is 0.130. The molecule has 154 valence electrons. The molecule has 0 saturated heterocycles. The molecule has 2 amide bonds. The lowest BCUT2D eigenvalue weighted by atomic mass is 10.1. The molecular weight excluding hydrogens is 384 g/mol. The van der Waals surface area contributed by atoms with Crippen LogP contribution in [0.5, 0.6) is 17.2 Å². The van der Waals surface area contributed by atoms with E-state index in [-0.39, 0.29) is 11.8 Å². The highest BCUT2D eigenvalue weighted by atomic mass is 16.5. The predicted octanol–water partition coefficient (Wildman–Crippen LogP) is 4.22. The third-order valence-corrected chi connectivity index (χ3v) is 4.41. The van der Waals surface area contributed by atoms with Crippen molar-refractivity contribution >= 4 is 23.2 Å². The summed E-state index contributed by atoms with van der Waals surface area (Å²) in [5.41, 5.74) is 1.80. The van der Waals surface area contributed by atoms with Crippen molar-refractivity contribution in [3.05, 3.63) is 77.9 Å². The number of amides is 2. The largest absolute Gasteiger partial charge is 0.497 e. The molecule has 0 radical (unpaired) electrons. The first-order chi connectivity index (χ1) is 14.5. The zero-order valence-electron chi connectivity index (χ0n) is 16.9. The van der Waals surface area contributed by atoms with Gasteiger partial charge in [0, 0.05) is 23.3 Å². The molecule has 0 aliphatic rings. The molecule has 3 aromatic carbocycles. The summed E-state index contributed by atoms with van der Waals surface area (Å²) < 4.78 is 15.9. The Morgan fingerprint density at radius 3 is 1.53 bits per heavy atom. The minimum Gasteiger partial charge on any atom is -0.497 e. The highest BCUT2D eigenvalue weighted by molar-refractivity contribution is 6.07. The summed E-state index contributed by atoms with van der Waals surface area (Å²) in [6, 6.07) is 18.7. The number of methoxy groups -OCH3 is 3. The Kier molecular flexibility index (Phi) is 6.54. The highest BCUT2D eigenvalue weighted by Crippen LogP contribution is 2.37. The van der Waals surface area contributed by atoms with E-state index in [2.05, 4.69) is 10.6 Å². The second kappa shape index (κ2) is 9.47. The summed E-state index contributed by atoms with van der Waals surface area (Å²) in [5, 5.41) is 5.61. The molecule has 0 bridgehead atoms. The summed E-state index contributed by atoms with van der Waals surface area (Å²) in [6.07, 6.45) is 0. The topological polar surface area (TPSA) is 85.9 Å². The second-order valence-corrected chi connectivity index (χ2v) is 6.26. The number of nitrogens with one attached hydrogen (secondary N) is 2. The molecule has 7 heteroatoms. The zero-order chi connectivity index (χ0) is 21.5. The van der Waals surface area contributed by atoms with Crippen LogP contribution in [-0.4, -0.2) is 33.1 Å². The molecule has 0 unspecified atom stereocenters. The molecule has 2 N–H and O–H groups in total. The molecule has 0 aliphatic carbocycles. The van der Waals surface area contributed by atoms with Gasteiger partial charge in [0.05, 0.1) is 32.7 Å². The van der Waals surface area contributed by atoms with Gasteiger partial charge in [-0.1, -0.05) is 18.2 Å². The van der Waals surface area contributed by atoms with Crippen molar-refractivity contribution in [2.24, 2.45) is 0 Å². The third-order valence-electron chi connectivity index (χ3n) is 4.41. The number of carbonyl (C=O) groups is 2. The van der Waals surface area contributed by atoms with Gasteiger partial charge in [-0.15, -0.1) is 0 Å². The van der Waals surface area contributed by atoms with Crippen LogP contribution < -0.4 is 24.8 Å². The summed E-state index contributed by atoms with van der Waals surface area (Å²) in [7, 11) is 4.52. The molecule has 3 rings (SSSR count). The first-order valence-electron chi connectivity index (χ1n) is 9.13. The first kappa shape index (κ1) is 20.7. The minimum atomic E-state index is -0.320.